The largest absolute Gasteiger partial charge is 0.504 e. The minimum Gasteiger partial charge on any atom is -0.504 e. The molecule has 0 fully saturated rings. The van der Waals surface area contributed by atoms with Gasteiger partial charge in [-0.05, 0) is 117 Å². The number of hydrogen-bond acceptors (Lipinski definition) is 7. The van der Waals surface area contributed by atoms with Crippen molar-refractivity contribution < 1.29 is 28.2 Å². The van der Waals surface area contributed by atoms with Gasteiger partial charge in [-0.2, -0.15) is 5.26 Å². The van der Waals surface area contributed by atoms with E-state index in [4.69, 9.17) is 10.00 Å². The highest BCUT2D eigenvalue weighted by Crippen LogP contribution is 2.32. The van der Waals surface area contributed by atoms with Crippen LogP contribution in [0.1, 0.15) is 44.6 Å². The van der Waals surface area contributed by atoms with E-state index >= 15 is 0 Å². The van der Waals surface area contributed by atoms with Crippen molar-refractivity contribution in [2.75, 3.05) is 0 Å². The van der Waals surface area contributed by atoms with Crippen molar-refractivity contribution in [3.05, 3.63) is 149 Å². The van der Waals surface area contributed by atoms with Crippen molar-refractivity contribution in [3.8, 4) is 17.6 Å². The number of nitrogens with zero attached hydrogens (tertiary/aromatic N) is 3. The standard InChI is InChI=1S/C20H15Br2FN2O2.C13H9Br2FN2O2.C3H9ISi.C2H3N/c21-16-10-17(22)25-18(19(16)27-12-14-4-2-1-3-5-14)20(26)24-11-13-6-8-15(23)9-7-13;14-9-5-10(15)18-11(12(9)19)13(20)17-6-7-1-3-8(16)4-2-7;1-5(2,3)4;1-2-3/h1-10H,11-12H2,(H,24,26);1-5,19H,6H2,(H,17,20);1-3H3;1H3. The molecule has 2 amide bonds. The van der Waals surface area contributed by atoms with Crippen LogP contribution in [0.15, 0.2) is 109 Å². The summed E-state index contributed by atoms with van der Waals surface area (Å²) in [5.74, 6) is -1.43. The second-order valence-electron chi connectivity index (χ2n) is 11.9. The van der Waals surface area contributed by atoms with Crippen LogP contribution >= 0.6 is 85.5 Å². The number of pyridine rings is 2. The van der Waals surface area contributed by atoms with Crippen LogP contribution in [0.5, 0.6) is 11.5 Å². The molecule has 17 heteroatoms. The van der Waals surface area contributed by atoms with Crippen LogP contribution < -0.4 is 15.4 Å². The molecule has 0 radical (unpaired) electrons. The summed E-state index contributed by atoms with van der Waals surface area (Å²) in [6, 6.07) is 26.3. The zero-order chi connectivity index (χ0) is 41.1. The molecule has 2 heterocycles. The molecule has 3 aromatic carbocycles. The fourth-order valence-corrected chi connectivity index (χ4v) is 6.22. The van der Waals surface area contributed by atoms with Gasteiger partial charge in [0.1, 0.15) is 33.0 Å². The molecule has 0 aliphatic heterocycles. The number of aromatic nitrogens is 2. The maximum absolute atomic E-state index is 13.0. The number of carbonyl (C=O) groups excluding carboxylic acids is 2. The first-order valence-electron chi connectivity index (χ1n) is 16.0. The molecule has 290 valence electrons. The van der Waals surface area contributed by atoms with Crippen molar-refractivity contribution in [1.82, 2.24) is 20.6 Å². The number of aromatic hydroxyl groups is 1. The van der Waals surface area contributed by atoms with Gasteiger partial charge in [0.25, 0.3) is 11.8 Å². The van der Waals surface area contributed by atoms with E-state index < -0.39 is 11.5 Å². The molecular weight excluding hydrogens is 1100 g/mol. The Hall–Kier alpha value is -3.28. The van der Waals surface area contributed by atoms with Gasteiger partial charge < -0.3 is 20.5 Å². The molecule has 0 saturated heterocycles. The fraction of sp³-hybridized carbons (Fsp3) is 0.184. The lowest BCUT2D eigenvalue weighted by Crippen LogP contribution is -2.25. The van der Waals surface area contributed by atoms with E-state index in [1.54, 1.807) is 36.4 Å². The summed E-state index contributed by atoms with van der Waals surface area (Å²) < 4.78 is 33.5. The lowest BCUT2D eigenvalue weighted by atomic mass is 10.2. The van der Waals surface area contributed by atoms with Gasteiger partial charge in [-0.1, -0.05) is 74.2 Å². The van der Waals surface area contributed by atoms with Crippen molar-refractivity contribution in [2.24, 2.45) is 0 Å². The maximum Gasteiger partial charge on any atom is 0.274 e. The van der Waals surface area contributed by atoms with Gasteiger partial charge in [-0.15, -0.1) is 21.8 Å². The number of rotatable bonds is 9. The van der Waals surface area contributed by atoms with Crippen molar-refractivity contribution in [2.45, 2.75) is 46.3 Å². The Morgan fingerprint density at radius 2 is 1.16 bits per heavy atom. The number of carbonyl (C=O) groups is 2. The average Bonchev–Trinajstić information content (AvgIpc) is 3.12. The molecular formula is C38H36Br4F2IN5O4Si. The number of halogens is 7. The fourth-order valence-electron chi connectivity index (χ4n) is 3.87. The van der Waals surface area contributed by atoms with Crippen LogP contribution in [0.3, 0.4) is 0 Å². The minimum atomic E-state index is -0.641. The third-order valence-electron chi connectivity index (χ3n) is 6.20. The first kappa shape index (κ1) is 47.9. The molecule has 3 N–H and O–H groups in total. The van der Waals surface area contributed by atoms with Gasteiger partial charge in [0.2, 0.25) is 0 Å². The molecule has 9 nitrogen and oxygen atoms in total. The van der Waals surface area contributed by atoms with Crippen LogP contribution in [0.4, 0.5) is 8.78 Å². The molecule has 5 aromatic rings. The lowest BCUT2D eigenvalue weighted by Gasteiger charge is -2.13. The Bertz CT molecular complexity index is 2050. The van der Waals surface area contributed by atoms with E-state index in [-0.39, 0.29) is 47.8 Å². The third kappa shape index (κ3) is 18.9. The van der Waals surface area contributed by atoms with E-state index in [0.29, 0.717) is 30.5 Å². The first-order chi connectivity index (χ1) is 25.9. The minimum absolute atomic E-state index is 0.0895. The SMILES string of the molecule is CC#N.C[Si](C)(C)I.O=C(NCc1ccc(F)cc1)c1nc(Br)cc(Br)c1O.O=C(NCc1ccc(F)cc1)c1nc(Br)cc(Br)c1OCc1ccccc1. The average molecular weight is 1140 g/mol. The number of ether oxygens (including phenoxy) is 1. The predicted molar refractivity (Wildman–Crippen MR) is 236 cm³/mol. The highest BCUT2D eigenvalue weighted by Gasteiger charge is 2.20. The molecule has 0 aliphatic rings. The quantitative estimate of drug-likeness (QED) is 0.0578. The second kappa shape index (κ2) is 24.4. The third-order valence-corrected chi connectivity index (χ3v) is 8.21. The highest BCUT2D eigenvalue weighted by atomic mass is 127. The molecule has 0 spiro atoms. The Morgan fingerprint density at radius 1 is 0.764 bits per heavy atom. The monoisotopic (exact) mass is 1130 g/mol. The summed E-state index contributed by atoms with van der Waals surface area (Å²) in [6.45, 7) is 9.14. The molecule has 5 rings (SSSR count). The molecule has 2 aromatic heterocycles. The van der Waals surface area contributed by atoms with Gasteiger partial charge >= 0.3 is 0 Å². The summed E-state index contributed by atoms with van der Waals surface area (Å²) in [7, 11) is 0. The molecule has 55 heavy (non-hydrogen) atoms. The van der Waals surface area contributed by atoms with Crippen molar-refractivity contribution in [3.63, 3.8) is 0 Å². The van der Waals surface area contributed by atoms with Gasteiger partial charge in [0.05, 0.1) is 15.0 Å². The molecule has 0 atom stereocenters. The van der Waals surface area contributed by atoms with Crippen LogP contribution in [-0.2, 0) is 19.7 Å². The predicted octanol–water partition coefficient (Wildman–Crippen LogP) is 11.4. The lowest BCUT2D eigenvalue weighted by molar-refractivity contribution is 0.0933. The zero-order valence-electron chi connectivity index (χ0n) is 29.9. The second-order valence-corrected chi connectivity index (χ2v) is 29.1. The number of amides is 2. The van der Waals surface area contributed by atoms with Crippen molar-refractivity contribution in [1.29, 1.82) is 5.26 Å². The van der Waals surface area contributed by atoms with Gasteiger partial charge in [-0.25, -0.2) is 18.7 Å². The number of nitriles is 1. The summed E-state index contributed by atoms with van der Waals surface area (Å²) in [5.41, 5.74) is 1.93. The smallest absolute Gasteiger partial charge is 0.274 e. The van der Waals surface area contributed by atoms with Gasteiger partial charge in [0, 0.05) is 20.0 Å². The normalized spacial score (nSPS) is 10.1. The van der Waals surface area contributed by atoms with E-state index in [1.807, 2.05) is 30.3 Å². The number of benzene rings is 3. The zero-order valence-corrected chi connectivity index (χ0v) is 39.4. The molecule has 0 bridgehead atoms. The Kier molecular flexibility index (Phi) is 21.2. The van der Waals surface area contributed by atoms with E-state index in [9.17, 15) is 23.5 Å². The summed E-state index contributed by atoms with van der Waals surface area (Å²) in [5, 5.41) is 22.5. The van der Waals surface area contributed by atoms with E-state index in [0.717, 1.165) is 16.7 Å². The highest BCUT2D eigenvalue weighted by molar-refractivity contribution is 14.1. The van der Waals surface area contributed by atoms with Crippen LogP contribution in [0, 0.1) is 23.0 Å². The summed E-state index contributed by atoms with van der Waals surface area (Å²) >= 11 is 15.5. The maximum atomic E-state index is 13.0. The first-order valence-corrected chi connectivity index (χ1v) is 25.8. The topological polar surface area (TPSA) is 137 Å². The van der Waals surface area contributed by atoms with Crippen LogP contribution in [-0.4, -0.2) is 32.5 Å². The van der Waals surface area contributed by atoms with Crippen LogP contribution in [0.2, 0.25) is 19.6 Å². The van der Waals surface area contributed by atoms with E-state index in [1.165, 1.54) is 37.3 Å². The number of nitrogens with one attached hydrogen (secondary N) is 2. The molecule has 0 aliphatic carbocycles. The van der Waals surface area contributed by atoms with Gasteiger partial charge in [-0.3, -0.25) is 9.59 Å². The van der Waals surface area contributed by atoms with Crippen LogP contribution in [0.25, 0.3) is 0 Å². The number of hydrogen-bond donors (Lipinski definition) is 3. The summed E-state index contributed by atoms with van der Waals surface area (Å²) in [6.07, 6.45) is 0. The molecule has 0 saturated carbocycles. The Morgan fingerprint density at radius 3 is 1.62 bits per heavy atom. The van der Waals surface area contributed by atoms with Crippen molar-refractivity contribution >= 4 is 103 Å². The van der Waals surface area contributed by atoms with Gasteiger partial charge in [0.15, 0.2) is 22.9 Å². The summed E-state index contributed by atoms with van der Waals surface area (Å²) in [4.78, 5) is 32.8. The van der Waals surface area contributed by atoms with E-state index in [2.05, 4.69) is 126 Å². The Balaban J connectivity index is 0.000000327. The Labute approximate surface area is 366 Å². The molecule has 0 unspecified atom stereocenters.